The van der Waals surface area contributed by atoms with Gasteiger partial charge in [-0.1, -0.05) is 59.2 Å². The average Bonchev–Trinajstić information content (AvgIpc) is 3.40. The van der Waals surface area contributed by atoms with Crippen molar-refractivity contribution in [3.63, 3.8) is 0 Å². The lowest BCUT2D eigenvalue weighted by Crippen LogP contribution is -2.21. The van der Waals surface area contributed by atoms with Gasteiger partial charge < -0.3 is 5.32 Å². The van der Waals surface area contributed by atoms with Gasteiger partial charge in [0, 0.05) is 5.69 Å². The number of anilines is 1. The van der Waals surface area contributed by atoms with Crippen molar-refractivity contribution in [1.82, 2.24) is 19.7 Å². The number of amides is 1. The fourth-order valence-electron chi connectivity index (χ4n) is 3.40. The van der Waals surface area contributed by atoms with E-state index in [1.165, 1.54) is 24.6 Å². The fraction of sp³-hybridized carbons (Fsp3) is 0.286. The Kier molecular flexibility index (Phi) is 6.94. The minimum absolute atomic E-state index is 0.163. The molecule has 6 nitrogen and oxygen atoms in total. The summed E-state index contributed by atoms with van der Waals surface area (Å²) < 4.78 is 2.03. The number of nitrogens with one attached hydrogen (secondary N) is 1. The van der Waals surface area contributed by atoms with Crippen LogP contribution in [-0.4, -0.2) is 44.4 Å². The number of hydrogen-bond acceptors (Lipinski definition) is 5. The zero-order chi connectivity index (χ0) is 20.9. The monoisotopic (exact) mass is 461 g/mol. The molecule has 0 spiro atoms. The van der Waals surface area contributed by atoms with Crippen molar-refractivity contribution in [2.45, 2.75) is 24.5 Å². The van der Waals surface area contributed by atoms with Crippen molar-refractivity contribution in [3.05, 3.63) is 64.4 Å². The number of rotatable bonds is 7. The molecule has 1 N–H and O–H groups in total. The van der Waals surface area contributed by atoms with E-state index in [1.54, 1.807) is 18.2 Å². The molecule has 30 heavy (non-hydrogen) atoms. The fourth-order valence-corrected chi connectivity index (χ4v) is 4.66. The molecule has 1 aliphatic heterocycles. The van der Waals surface area contributed by atoms with E-state index in [0.717, 1.165) is 31.1 Å². The highest BCUT2D eigenvalue weighted by Crippen LogP contribution is 2.30. The topological polar surface area (TPSA) is 63.1 Å². The van der Waals surface area contributed by atoms with Gasteiger partial charge in [0.25, 0.3) is 0 Å². The lowest BCUT2D eigenvalue weighted by atomic mass is 10.3. The second kappa shape index (κ2) is 9.83. The van der Waals surface area contributed by atoms with Gasteiger partial charge in [-0.25, -0.2) is 0 Å². The number of thioether (sulfide) groups is 1. The molecule has 1 aromatic heterocycles. The second-order valence-electron chi connectivity index (χ2n) is 6.99. The lowest BCUT2D eigenvalue weighted by Gasteiger charge is -2.16. The lowest BCUT2D eigenvalue weighted by molar-refractivity contribution is -0.113. The van der Waals surface area contributed by atoms with E-state index in [2.05, 4.69) is 20.4 Å². The van der Waals surface area contributed by atoms with Crippen molar-refractivity contribution in [2.75, 3.05) is 24.2 Å². The summed E-state index contributed by atoms with van der Waals surface area (Å²) in [6, 6.07) is 15.1. The minimum Gasteiger partial charge on any atom is -0.323 e. The Hall–Kier alpha value is -2.06. The molecule has 1 amide bonds. The number of hydrogen-bond donors (Lipinski definition) is 1. The number of halogens is 2. The number of aromatic nitrogens is 3. The van der Waals surface area contributed by atoms with Crippen LogP contribution in [0.2, 0.25) is 10.0 Å². The predicted molar refractivity (Wildman–Crippen MR) is 122 cm³/mol. The van der Waals surface area contributed by atoms with E-state index in [9.17, 15) is 4.79 Å². The molecule has 156 valence electrons. The Morgan fingerprint density at radius 2 is 1.70 bits per heavy atom. The van der Waals surface area contributed by atoms with Gasteiger partial charge in [0.1, 0.15) is 0 Å². The van der Waals surface area contributed by atoms with Gasteiger partial charge in [-0.2, -0.15) is 0 Å². The first-order valence-electron chi connectivity index (χ1n) is 9.70. The van der Waals surface area contributed by atoms with Crippen LogP contribution in [0.1, 0.15) is 18.7 Å². The number of benzene rings is 2. The van der Waals surface area contributed by atoms with Crippen molar-refractivity contribution in [2.24, 2.45) is 0 Å². The Morgan fingerprint density at radius 1 is 1.00 bits per heavy atom. The third kappa shape index (κ3) is 4.98. The van der Waals surface area contributed by atoms with Crippen LogP contribution in [0.25, 0.3) is 5.69 Å². The summed E-state index contributed by atoms with van der Waals surface area (Å²) in [7, 11) is 0. The van der Waals surface area contributed by atoms with E-state index in [4.69, 9.17) is 23.2 Å². The highest BCUT2D eigenvalue weighted by molar-refractivity contribution is 7.99. The van der Waals surface area contributed by atoms with Gasteiger partial charge >= 0.3 is 0 Å². The first kappa shape index (κ1) is 21.2. The third-order valence-corrected chi connectivity index (χ3v) is 6.40. The molecule has 1 aliphatic rings. The summed E-state index contributed by atoms with van der Waals surface area (Å²) in [5.74, 6) is 0.829. The summed E-state index contributed by atoms with van der Waals surface area (Å²) in [4.78, 5) is 14.9. The van der Waals surface area contributed by atoms with Crippen LogP contribution in [0.3, 0.4) is 0 Å². The second-order valence-corrected chi connectivity index (χ2v) is 8.74. The van der Waals surface area contributed by atoms with Crippen molar-refractivity contribution in [3.8, 4) is 5.69 Å². The molecule has 3 aromatic rings. The SMILES string of the molecule is O=C(CSc1nnc(CN2CCCC2)n1-c1ccccc1)Nc1c(Cl)cccc1Cl. The smallest absolute Gasteiger partial charge is 0.234 e. The van der Waals surface area contributed by atoms with E-state index in [0.29, 0.717) is 20.9 Å². The molecule has 4 rings (SSSR count). The predicted octanol–water partition coefficient (Wildman–Crippen LogP) is 4.90. The molecule has 2 aromatic carbocycles. The van der Waals surface area contributed by atoms with Crippen LogP contribution >= 0.6 is 35.0 Å². The van der Waals surface area contributed by atoms with E-state index in [-0.39, 0.29) is 11.7 Å². The van der Waals surface area contributed by atoms with Gasteiger partial charge in [-0.3, -0.25) is 14.3 Å². The van der Waals surface area contributed by atoms with Gasteiger partial charge in [-0.15, -0.1) is 10.2 Å². The van der Waals surface area contributed by atoms with Crippen LogP contribution in [0.4, 0.5) is 5.69 Å². The Bertz CT molecular complexity index is 1000. The summed E-state index contributed by atoms with van der Waals surface area (Å²) >= 11 is 13.6. The molecular formula is C21H21Cl2N5OS. The summed E-state index contributed by atoms with van der Waals surface area (Å²) in [6.07, 6.45) is 2.43. The Labute approximate surface area is 189 Å². The number of carbonyl (C=O) groups is 1. The Morgan fingerprint density at radius 3 is 2.40 bits per heavy atom. The zero-order valence-electron chi connectivity index (χ0n) is 16.2. The highest BCUT2D eigenvalue weighted by Gasteiger charge is 2.20. The van der Waals surface area contributed by atoms with Crippen LogP contribution in [0.5, 0.6) is 0 Å². The number of para-hydroxylation sites is 2. The molecule has 0 unspecified atom stereocenters. The van der Waals surface area contributed by atoms with Gasteiger partial charge in [-0.05, 0) is 50.2 Å². The van der Waals surface area contributed by atoms with E-state index in [1.807, 2.05) is 34.9 Å². The van der Waals surface area contributed by atoms with Crippen molar-refractivity contribution >= 4 is 46.6 Å². The van der Waals surface area contributed by atoms with Crippen LogP contribution < -0.4 is 5.32 Å². The molecular weight excluding hydrogens is 441 g/mol. The molecule has 1 saturated heterocycles. The quantitative estimate of drug-likeness (QED) is 0.506. The van der Waals surface area contributed by atoms with E-state index < -0.39 is 0 Å². The molecule has 1 fully saturated rings. The maximum Gasteiger partial charge on any atom is 0.234 e. The number of nitrogens with zero attached hydrogens (tertiary/aromatic N) is 4. The first-order chi connectivity index (χ1) is 14.6. The summed E-state index contributed by atoms with van der Waals surface area (Å²) in [5, 5.41) is 13.1. The normalized spacial score (nSPS) is 14.2. The van der Waals surface area contributed by atoms with Crippen molar-refractivity contribution < 1.29 is 4.79 Å². The minimum atomic E-state index is -0.210. The number of likely N-dealkylation sites (tertiary alicyclic amines) is 1. The van der Waals surface area contributed by atoms with E-state index >= 15 is 0 Å². The number of carbonyl (C=O) groups excluding carboxylic acids is 1. The first-order valence-corrected chi connectivity index (χ1v) is 11.4. The molecule has 0 atom stereocenters. The third-order valence-electron chi connectivity index (χ3n) is 4.84. The molecule has 0 bridgehead atoms. The van der Waals surface area contributed by atoms with Crippen LogP contribution in [-0.2, 0) is 11.3 Å². The average molecular weight is 462 g/mol. The summed E-state index contributed by atoms with van der Waals surface area (Å²) in [5.41, 5.74) is 1.40. The van der Waals surface area contributed by atoms with Crippen LogP contribution in [0.15, 0.2) is 53.7 Å². The zero-order valence-corrected chi connectivity index (χ0v) is 18.6. The van der Waals surface area contributed by atoms with Gasteiger partial charge in [0.05, 0.1) is 28.0 Å². The molecule has 0 aliphatic carbocycles. The molecule has 0 saturated carbocycles. The standard InChI is InChI=1S/C21H21Cl2N5OS/c22-16-9-6-10-17(23)20(16)24-19(29)14-30-21-26-25-18(13-27-11-4-5-12-27)28(21)15-7-2-1-3-8-15/h1-3,6-10H,4-5,11-14H2,(H,24,29). The molecule has 0 radical (unpaired) electrons. The Balaban J connectivity index is 1.50. The summed E-state index contributed by atoms with van der Waals surface area (Å²) in [6.45, 7) is 2.89. The maximum atomic E-state index is 12.5. The van der Waals surface area contributed by atoms with Gasteiger partial charge in [0.15, 0.2) is 11.0 Å². The highest BCUT2D eigenvalue weighted by atomic mass is 35.5. The van der Waals surface area contributed by atoms with Gasteiger partial charge in [0.2, 0.25) is 5.91 Å². The van der Waals surface area contributed by atoms with Crippen LogP contribution in [0, 0.1) is 0 Å². The molecule has 9 heteroatoms. The molecule has 2 heterocycles. The largest absolute Gasteiger partial charge is 0.323 e. The van der Waals surface area contributed by atoms with Crippen molar-refractivity contribution in [1.29, 1.82) is 0 Å². The maximum absolute atomic E-state index is 12.5.